The van der Waals surface area contributed by atoms with Crippen LogP contribution < -0.4 is 11.1 Å². The third-order valence-electron chi connectivity index (χ3n) is 4.06. The maximum atomic E-state index is 12.2. The van der Waals surface area contributed by atoms with Crippen LogP contribution in [-0.4, -0.2) is 36.0 Å². The number of nitrogens with zero attached hydrogens (tertiary/aromatic N) is 1. The minimum absolute atomic E-state index is 0.0704. The molecule has 112 valence electrons. The maximum absolute atomic E-state index is 12.2. The van der Waals surface area contributed by atoms with Crippen LogP contribution in [0.5, 0.6) is 0 Å². The van der Waals surface area contributed by atoms with E-state index in [0.29, 0.717) is 12.6 Å². The van der Waals surface area contributed by atoms with E-state index in [9.17, 15) is 4.79 Å². The van der Waals surface area contributed by atoms with E-state index in [4.69, 9.17) is 10.2 Å². The largest absolute Gasteiger partial charge is 0.467 e. The molecule has 2 heterocycles. The van der Waals surface area contributed by atoms with Gasteiger partial charge in [0.05, 0.1) is 18.8 Å². The Morgan fingerprint density at radius 1 is 1.65 bits per heavy atom. The molecule has 0 spiro atoms. The predicted octanol–water partition coefficient (Wildman–Crippen LogP) is 1.49. The fourth-order valence-electron chi connectivity index (χ4n) is 2.92. The van der Waals surface area contributed by atoms with Crippen molar-refractivity contribution in [3.63, 3.8) is 0 Å². The van der Waals surface area contributed by atoms with Crippen LogP contribution in [0.15, 0.2) is 22.8 Å². The van der Waals surface area contributed by atoms with Crippen molar-refractivity contribution >= 4 is 5.91 Å². The van der Waals surface area contributed by atoms with E-state index in [1.165, 1.54) is 12.8 Å². The van der Waals surface area contributed by atoms with Crippen LogP contribution in [0.2, 0.25) is 0 Å². The molecular weight excluding hydrogens is 254 g/mol. The van der Waals surface area contributed by atoms with E-state index >= 15 is 0 Å². The van der Waals surface area contributed by atoms with Crippen LogP contribution in [-0.2, 0) is 11.3 Å². The first-order valence-electron chi connectivity index (χ1n) is 7.48. The van der Waals surface area contributed by atoms with E-state index < -0.39 is 0 Å². The van der Waals surface area contributed by atoms with Crippen molar-refractivity contribution in [3.05, 3.63) is 24.2 Å². The SMILES string of the molecule is CC(C(=O)NCc1ccco1)N1CCCC1CCCN. The summed E-state index contributed by atoms with van der Waals surface area (Å²) >= 11 is 0. The molecule has 1 fully saturated rings. The van der Waals surface area contributed by atoms with Crippen molar-refractivity contribution in [2.75, 3.05) is 13.1 Å². The van der Waals surface area contributed by atoms with E-state index in [-0.39, 0.29) is 11.9 Å². The van der Waals surface area contributed by atoms with Gasteiger partial charge in [-0.15, -0.1) is 0 Å². The van der Waals surface area contributed by atoms with E-state index in [0.717, 1.165) is 31.7 Å². The minimum Gasteiger partial charge on any atom is -0.467 e. The molecule has 20 heavy (non-hydrogen) atoms. The van der Waals surface area contributed by atoms with Crippen molar-refractivity contribution < 1.29 is 9.21 Å². The van der Waals surface area contributed by atoms with Crippen molar-refractivity contribution in [1.29, 1.82) is 0 Å². The fraction of sp³-hybridized carbons (Fsp3) is 0.667. The highest BCUT2D eigenvalue weighted by atomic mass is 16.3. The summed E-state index contributed by atoms with van der Waals surface area (Å²) in [5.74, 6) is 0.854. The summed E-state index contributed by atoms with van der Waals surface area (Å²) in [4.78, 5) is 14.5. The fourth-order valence-corrected chi connectivity index (χ4v) is 2.92. The molecule has 2 unspecified atom stereocenters. The molecule has 3 N–H and O–H groups in total. The second-order valence-electron chi connectivity index (χ2n) is 5.44. The van der Waals surface area contributed by atoms with E-state index in [2.05, 4.69) is 10.2 Å². The summed E-state index contributed by atoms with van der Waals surface area (Å²) in [6.45, 7) is 4.17. The van der Waals surface area contributed by atoms with Gasteiger partial charge in [0.2, 0.25) is 5.91 Å². The highest BCUT2D eigenvalue weighted by molar-refractivity contribution is 5.81. The van der Waals surface area contributed by atoms with Crippen molar-refractivity contribution in [3.8, 4) is 0 Å². The summed E-state index contributed by atoms with van der Waals surface area (Å²) in [6.07, 6.45) is 6.09. The first-order chi connectivity index (χ1) is 9.72. The molecule has 0 radical (unpaired) electrons. The Morgan fingerprint density at radius 2 is 2.50 bits per heavy atom. The van der Waals surface area contributed by atoms with Gasteiger partial charge < -0.3 is 15.5 Å². The van der Waals surface area contributed by atoms with Gasteiger partial charge in [0.25, 0.3) is 0 Å². The third kappa shape index (κ3) is 3.84. The molecule has 1 saturated heterocycles. The van der Waals surface area contributed by atoms with Gasteiger partial charge in [-0.1, -0.05) is 0 Å². The summed E-state index contributed by atoms with van der Waals surface area (Å²) in [6, 6.07) is 4.11. The van der Waals surface area contributed by atoms with Crippen LogP contribution in [0.25, 0.3) is 0 Å². The molecule has 5 nitrogen and oxygen atoms in total. The van der Waals surface area contributed by atoms with Gasteiger partial charge in [0, 0.05) is 6.04 Å². The highest BCUT2D eigenvalue weighted by Crippen LogP contribution is 2.23. The number of nitrogens with one attached hydrogen (secondary N) is 1. The van der Waals surface area contributed by atoms with Gasteiger partial charge in [-0.05, 0) is 57.8 Å². The summed E-state index contributed by atoms with van der Waals surface area (Å²) in [5.41, 5.74) is 5.58. The normalized spacial score (nSPS) is 21.0. The lowest BCUT2D eigenvalue weighted by atomic mass is 10.1. The molecule has 1 aromatic rings. The third-order valence-corrected chi connectivity index (χ3v) is 4.06. The molecule has 5 heteroatoms. The first kappa shape index (κ1) is 15.1. The van der Waals surface area contributed by atoms with Crippen LogP contribution in [0.4, 0.5) is 0 Å². The Labute approximate surface area is 120 Å². The van der Waals surface area contributed by atoms with Crippen LogP contribution in [0, 0.1) is 0 Å². The number of rotatable bonds is 7. The molecule has 1 aliphatic rings. The zero-order valence-corrected chi connectivity index (χ0v) is 12.2. The van der Waals surface area contributed by atoms with E-state index in [1.807, 2.05) is 19.1 Å². The number of nitrogens with two attached hydrogens (primary N) is 1. The highest BCUT2D eigenvalue weighted by Gasteiger charge is 2.31. The molecular formula is C15H25N3O2. The second kappa shape index (κ2) is 7.45. The Kier molecular flexibility index (Phi) is 5.61. The lowest BCUT2D eigenvalue weighted by Gasteiger charge is -2.29. The van der Waals surface area contributed by atoms with Crippen molar-refractivity contribution in [2.24, 2.45) is 5.73 Å². The Balaban J connectivity index is 1.82. The molecule has 1 aromatic heterocycles. The number of likely N-dealkylation sites (tertiary alicyclic amines) is 1. The number of carbonyl (C=O) groups excluding carboxylic acids is 1. The molecule has 2 rings (SSSR count). The molecule has 0 bridgehead atoms. The lowest BCUT2D eigenvalue weighted by molar-refractivity contribution is -0.126. The maximum Gasteiger partial charge on any atom is 0.237 e. The molecule has 0 aliphatic carbocycles. The minimum atomic E-state index is -0.0877. The molecule has 0 aromatic carbocycles. The average Bonchev–Trinajstić information content (AvgIpc) is 3.12. The Morgan fingerprint density at radius 3 is 3.20 bits per heavy atom. The standard InChI is InChI=1S/C15H25N3O2/c1-12(15(19)17-11-14-7-4-10-20-14)18-9-3-6-13(18)5-2-8-16/h4,7,10,12-13H,2-3,5-6,8-9,11,16H2,1H3,(H,17,19). The van der Waals surface area contributed by atoms with Crippen molar-refractivity contribution in [2.45, 2.75) is 51.2 Å². The number of hydrogen-bond donors (Lipinski definition) is 2. The van der Waals surface area contributed by atoms with Crippen molar-refractivity contribution in [1.82, 2.24) is 10.2 Å². The first-order valence-corrected chi connectivity index (χ1v) is 7.48. The Hall–Kier alpha value is -1.33. The lowest BCUT2D eigenvalue weighted by Crippen LogP contribution is -2.47. The van der Waals surface area contributed by atoms with E-state index in [1.54, 1.807) is 6.26 Å². The van der Waals surface area contributed by atoms with Gasteiger partial charge in [0.1, 0.15) is 5.76 Å². The average molecular weight is 279 g/mol. The molecule has 0 saturated carbocycles. The number of hydrogen-bond acceptors (Lipinski definition) is 4. The van der Waals surface area contributed by atoms with Crippen LogP contribution in [0.1, 0.15) is 38.4 Å². The van der Waals surface area contributed by atoms with Crippen LogP contribution >= 0.6 is 0 Å². The van der Waals surface area contributed by atoms with Gasteiger partial charge in [-0.2, -0.15) is 0 Å². The zero-order chi connectivity index (χ0) is 14.4. The Bertz CT molecular complexity index is 405. The molecule has 2 atom stereocenters. The number of amides is 1. The number of furan rings is 1. The summed E-state index contributed by atoms with van der Waals surface area (Å²) in [5, 5.41) is 2.94. The van der Waals surface area contributed by atoms with Gasteiger partial charge in [-0.25, -0.2) is 0 Å². The molecule has 1 aliphatic heterocycles. The summed E-state index contributed by atoms with van der Waals surface area (Å²) in [7, 11) is 0. The quantitative estimate of drug-likeness (QED) is 0.793. The van der Waals surface area contributed by atoms with Gasteiger partial charge >= 0.3 is 0 Å². The van der Waals surface area contributed by atoms with Crippen LogP contribution in [0.3, 0.4) is 0 Å². The van der Waals surface area contributed by atoms with Gasteiger partial charge in [-0.3, -0.25) is 9.69 Å². The zero-order valence-electron chi connectivity index (χ0n) is 12.2. The number of carbonyl (C=O) groups is 1. The summed E-state index contributed by atoms with van der Waals surface area (Å²) < 4.78 is 5.22. The second-order valence-corrected chi connectivity index (χ2v) is 5.44. The predicted molar refractivity (Wildman–Crippen MR) is 78.0 cm³/mol. The smallest absolute Gasteiger partial charge is 0.237 e. The van der Waals surface area contributed by atoms with Gasteiger partial charge in [0.15, 0.2) is 0 Å². The molecule has 1 amide bonds. The topological polar surface area (TPSA) is 71.5 Å². The monoisotopic (exact) mass is 279 g/mol.